The minimum atomic E-state index is 0.426. The summed E-state index contributed by atoms with van der Waals surface area (Å²) in [6.45, 7) is 4.91. The molecule has 1 fully saturated rings. The molecule has 2 heterocycles. The van der Waals surface area contributed by atoms with Crippen LogP contribution in [0.25, 0.3) is 0 Å². The van der Waals surface area contributed by atoms with Crippen molar-refractivity contribution in [3.05, 3.63) is 35.8 Å². The summed E-state index contributed by atoms with van der Waals surface area (Å²) < 4.78 is 0. The van der Waals surface area contributed by atoms with Gasteiger partial charge in [0.1, 0.15) is 0 Å². The molecule has 0 aromatic heterocycles. The van der Waals surface area contributed by atoms with Crippen LogP contribution in [0.3, 0.4) is 0 Å². The molecule has 0 aliphatic carbocycles. The maximum Gasteiger partial charge on any atom is 0.216 e. The molecule has 0 spiro atoms. The fourth-order valence-electron chi connectivity index (χ4n) is 2.33. The maximum absolute atomic E-state index is 9.69. The van der Waals surface area contributed by atoms with E-state index in [4.69, 9.17) is 12.2 Å². The van der Waals surface area contributed by atoms with E-state index in [9.17, 15) is 5.21 Å². The van der Waals surface area contributed by atoms with E-state index in [0.717, 1.165) is 24.4 Å². The van der Waals surface area contributed by atoms with Crippen molar-refractivity contribution in [1.29, 1.82) is 0 Å². The molecular formula is C14H20N4OS. The van der Waals surface area contributed by atoms with Gasteiger partial charge in [0, 0.05) is 18.8 Å². The van der Waals surface area contributed by atoms with Gasteiger partial charge >= 0.3 is 0 Å². The SMILES string of the molecule is CC(N=NC(=S)N1CCCC[C@@H]1C)=C1C=CC=CN1O. The summed E-state index contributed by atoms with van der Waals surface area (Å²) in [5.74, 6) is 0. The molecule has 20 heavy (non-hydrogen) atoms. The first-order valence-electron chi connectivity index (χ1n) is 6.86. The molecule has 1 atom stereocenters. The number of hydrogen-bond donors (Lipinski definition) is 1. The van der Waals surface area contributed by atoms with Crippen LogP contribution in [0.15, 0.2) is 46.1 Å². The number of hydroxylamine groups is 2. The van der Waals surface area contributed by atoms with E-state index in [1.165, 1.54) is 6.42 Å². The topological polar surface area (TPSA) is 51.4 Å². The van der Waals surface area contributed by atoms with Gasteiger partial charge in [0.15, 0.2) is 0 Å². The molecule has 0 aromatic rings. The number of nitrogens with zero attached hydrogens (tertiary/aromatic N) is 4. The Hall–Kier alpha value is -1.53. The van der Waals surface area contributed by atoms with Crippen molar-refractivity contribution >= 4 is 17.3 Å². The first-order valence-corrected chi connectivity index (χ1v) is 7.26. The lowest BCUT2D eigenvalue weighted by atomic mass is 10.0. The highest BCUT2D eigenvalue weighted by Gasteiger charge is 2.20. The summed E-state index contributed by atoms with van der Waals surface area (Å²) in [6.07, 6.45) is 10.5. The second-order valence-electron chi connectivity index (χ2n) is 5.04. The summed E-state index contributed by atoms with van der Waals surface area (Å²) in [4.78, 5) is 2.12. The molecule has 1 saturated heterocycles. The van der Waals surface area contributed by atoms with Crippen molar-refractivity contribution in [2.24, 2.45) is 10.2 Å². The van der Waals surface area contributed by atoms with Crippen LogP contribution in [0.4, 0.5) is 0 Å². The molecule has 0 aromatic carbocycles. The summed E-state index contributed by atoms with van der Waals surface area (Å²) in [6, 6.07) is 0.426. The Morgan fingerprint density at radius 2 is 2.15 bits per heavy atom. The van der Waals surface area contributed by atoms with Gasteiger partial charge in [-0.2, -0.15) is 5.11 Å². The summed E-state index contributed by atoms with van der Waals surface area (Å²) in [7, 11) is 0. The van der Waals surface area contributed by atoms with E-state index in [1.807, 2.05) is 6.08 Å². The van der Waals surface area contributed by atoms with Crippen LogP contribution < -0.4 is 0 Å². The Kier molecular flexibility index (Phi) is 5.03. The molecular weight excluding hydrogens is 272 g/mol. The third-order valence-corrected chi connectivity index (χ3v) is 3.86. The van der Waals surface area contributed by atoms with E-state index in [0.29, 0.717) is 22.5 Å². The number of allylic oxidation sites excluding steroid dienone is 4. The number of thiocarbonyl (C=S) groups is 1. The van der Waals surface area contributed by atoms with Crippen LogP contribution in [0.2, 0.25) is 0 Å². The van der Waals surface area contributed by atoms with Gasteiger partial charge in [-0.3, -0.25) is 5.21 Å². The minimum Gasteiger partial charge on any atom is -0.343 e. The molecule has 0 unspecified atom stereocenters. The zero-order valence-corrected chi connectivity index (χ0v) is 12.7. The Labute approximate surface area is 124 Å². The van der Waals surface area contributed by atoms with Crippen molar-refractivity contribution in [3.63, 3.8) is 0 Å². The van der Waals surface area contributed by atoms with Gasteiger partial charge in [-0.05, 0) is 57.5 Å². The molecule has 0 bridgehead atoms. The van der Waals surface area contributed by atoms with Crippen molar-refractivity contribution in [1.82, 2.24) is 9.96 Å². The first kappa shape index (κ1) is 14.9. The van der Waals surface area contributed by atoms with Crippen molar-refractivity contribution in [3.8, 4) is 0 Å². The van der Waals surface area contributed by atoms with Crippen LogP contribution in [-0.2, 0) is 0 Å². The number of rotatable bonds is 1. The normalized spacial score (nSPS) is 25.4. The average Bonchev–Trinajstić information content (AvgIpc) is 2.45. The van der Waals surface area contributed by atoms with Crippen molar-refractivity contribution in [2.45, 2.75) is 39.2 Å². The third kappa shape index (κ3) is 3.52. The minimum absolute atomic E-state index is 0.426. The van der Waals surface area contributed by atoms with Crippen LogP contribution in [0, 0.1) is 0 Å². The van der Waals surface area contributed by atoms with E-state index < -0.39 is 0 Å². The Bertz CT molecular complexity index is 495. The lowest BCUT2D eigenvalue weighted by molar-refractivity contribution is -0.00149. The van der Waals surface area contributed by atoms with Gasteiger partial charge < -0.3 is 4.90 Å². The predicted molar refractivity (Wildman–Crippen MR) is 82.1 cm³/mol. The second kappa shape index (κ2) is 6.76. The van der Waals surface area contributed by atoms with E-state index >= 15 is 0 Å². The molecule has 1 N–H and O–H groups in total. The average molecular weight is 292 g/mol. The monoisotopic (exact) mass is 292 g/mol. The summed E-state index contributed by atoms with van der Waals surface area (Å²) >= 11 is 5.34. The Morgan fingerprint density at radius 1 is 1.35 bits per heavy atom. The van der Waals surface area contributed by atoms with Gasteiger partial charge in [0.05, 0.1) is 11.4 Å². The standard InChI is InChI=1S/C14H20N4OS/c1-11-7-3-5-9-17(11)14(20)16-15-12(2)13-8-4-6-10-18(13)19/h4,6,8,10-11,19H,3,5,7,9H2,1-2H3/t11-/m0/s1. The second-order valence-corrected chi connectivity index (χ2v) is 5.40. The smallest absolute Gasteiger partial charge is 0.216 e. The van der Waals surface area contributed by atoms with Gasteiger partial charge in [-0.25, -0.2) is 5.06 Å². The van der Waals surface area contributed by atoms with Crippen LogP contribution in [0.5, 0.6) is 0 Å². The fourth-order valence-corrected chi connectivity index (χ4v) is 2.64. The molecule has 2 rings (SSSR count). The van der Waals surface area contributed by atoms with Gasteiger partial charge in [-0.15, -0.1) is 5.11 Å². The zero-order chi connectivity index (χ0) is 14.5. The Balaban J connectivity index is 2.05. The molecule has 6 heteroatoms. The third-order valence-electron chi connectivity index (χ3n) is 3.54. The first-order chi connectivity index (χ1) is 9.59. The van der Waals surface area contributed by atoms with E-state index in [-0.39, 0.29) is 0 Å². The number of piperidine rings is 1. The molecule has 2 aliphatic heterocycles. The van der Waals surface area contributed by atoms with Gasteiger partial charge in [0.25, 0.3) is 0 Å². The van der Waals surface area contributed by atoms with Gasteiger partial charge in [-0.1, -0.05) is 6.08 Å². The van der Waals surface area contributed by atoms with Crippen molar-refractivity contribution < 1.29 is 5.21 Å². The zero-order valence-electron chi connectivity index (χ0n) is 11.9. The molecule has 0 amide bonds. The molecule has 0 saturated carbocycles. The lowest BCUT2D eigenvalue weighted by Crippen LogP contribution is -2.40. The number of likely N-dealkylation sites (tertiary alicyclic amines) is 1. The fraction of sp³-hybridized carbons (Fsp3) is 0.500. The maximum atomic E-state index is 9.69. The van der Waals surface area contributed by atoms with Crippen LogP contribution >= 0.6 is 12.2 Å². The largest absolute Gasteiger partial charge is 0.343 e. The highest BCUT2D eigenvalue weighted by molar-refractivity contribution is 7.80. The summed E-state index contributed by atoms with van der Waals surface area (Å²) in [5.41, 5.74) is 1.23. The predicted octanol–water partition coefficient (Wildman–Crippen LogP) is 3.60. The van der Waals surface area contributed by atoms with E-state index in [1.54, 1.807) is 25.3 Å². The molecule has 2 aliphatic rings. The number of hydrogen-bond acceptors (Lipinski definition) is 4. The number of azo groups is 1. The van der Waals surface area contributed by atoms with Crippen LogP contribution in [-0.4, -0.2) is 32.9 Å². The van der Waals surface area contributed by atoms with Gasteiger partial charge in [0.2, 0.25) is 5.11 Å². The molecule has 5 nitrogen and oxygen atoms in total. The van der Waals surface area contributed by atoms with Crippen molar-refractivity contribution in [2.75, 3.05) is 6.54 Å². The highest BCUT2D eigenvalue weighted by Crippen LogP contribution is 2.19. The molecule has 0 radical (unpaired) electrons. The highest BCUT2D eigenvalue weighted by atomic mass is 32.1. The quantitative estimate of drug-likeness (QED) is 0.592. The lowest BCUT2D eigenvalue weighted by Gasteiger charge is -2.33. The Morgan fingerprint density at radius 3 is 2.85 bits per heavy atom. The molecule has 108 valence electrons. The van der Waals surface area contributed by atoms with E-state index in [2.05, 4.69) is 22.1 Å². The summed E-state index contributed by atoms with van der Waals surface area (Å²) in [5, 5.41) is 19.5. The van der Waals surface area contributed by atoms with Crippen LogP contribution in [0.1, 0.15) is 33.1 Å².